The van der Waals surface area contributed by atoms with Gasteiger partial charge in [0.05, 0.1) is 21.1 Å². The van der Waals surface area contributed by atoms with Crippen molar-refractivity contribution in [3.05, 3.63) is 94.2 Å². The maximum Gasteiger partial charge on any atom is 0.148 e. The molecule has 5 heteroatoms. The van der Waals surface area contributed by atoms with Crippen LogP contribution in [0.2, 0.25) is 10.0 Å². The van der Waals surface area contributed by atoms with Crippen molar-refractivity contribution in [2.75, 3.05) is 0 Å². The summed E-state index contributed by atoms with van der Waals surface area (Å²) in [5, 5.41) is 1.11. The van der Waals surface area contributed by atoms with E-state index in [4.69, 9.17) is 32.9 Å². The highest BCUT2D eigenvalue weighted by molar-refractivity contribution is 6.42. The number of halogens is 2. The molecule has 3 nitrogen and oxygen atoms in total. The van der Waals surface area contributed by atoms with Crippen LogP contribution in [0.15, 0.2) is 72.8 Å². The zero-order valence-electron chi connectivity index (χ0n) is 13.9. The van der Waals surface area contributed by atoms with Crippen molar-refractivity contribution >= 4 is 34.2 Å². The fourth-order valence-electron chi connectivity index (χ4n) is 2.90. The van der Waals surface area contributed by atoms with Crippen molar-refractivity contribution in [3.8, 4) is 5.75 Å². The van der Waals surface area contributed by atoms with Crippen molar-refractivity contribution in [3.63, 3.8) is 0 Å². The molecule has 0 radical (unpaired) electrons. The number of fused-ring (bicyclic) bond motifs is 1. The van der Waals surface area contributed by atoms with Crippen LogP contribution >= 0.6 is 23.2 Å². The van der Waals surface area contributed by atoms with Gasteiger partial charge in [-0.05, 0) is 42.0 Å². The fourth-order valence-corrected chi connectivity index (χ4v) is 3.22. The summed E-state index contributed by atoms with van der Waals surface area (Å²) >= 11 is 12.2. The summed E-state index contributed by atoms with van der Waals surface area (Å²) in [6.07, 6.45) is 0. The Labute approximate surface area is 161 Å². The number of rotatable bonds is 5. The minimum atomic E-state index is 0.389. The van der Waals surface area contributed by atoms with Gasteiger partial charge >= 0.3 is 0 Å². The molecule has 130 valence electrons. The zero-order chi connectivity index (χ0) is 17.9. The highest BCUT2D eigenvalue weighted by atomic mass is 35.5. The van der Waals surface area contributed by atoms with Crippen LogP contribution in [-0.2, 0) is 13.2 Å². The summed E-state index contributed by atoms with van der Waals surface area (Å²) in [5.74, 6) is 1.68. The van der Waals surface area contributed by atoms with E-state index in [1.165, 1.54) is 0 Å². The average molecular weight is 383 g/mol. The summed E-state index contributed by atoms with van der Waals surface area (Å²) in [7, 11) is 0. The number of benzene rings is 3. The lowest BCUT2D eigenvalue weighted by atomic mass is 10.2. The number of aromatic nitrogens is 2. The second kappa shape index (κ2) is 7.40. The van der Waals surface area contributed by atoms with Gasteiger partial charge in [0.2, 0.25) is 0 Å². The van der Waals surface area contributed by atoms with Gasteiger partial charge in [-0.15, -0.1) is 0 Å². The molecular weight excluding hydrogens is 367 g/mol. The summed E-state index contributed by atoms with van der Waals surface area (Å²) in [5.41, 5.74) is 3.06. The van der Waals surface area contributed by atoms with Gasteiger partial charge in [-0.1, -0.05) is 59.6 Å². The highest BCUT2D eigenvalue weighted by Crippen LogP contribution is 2.25. The Morgan fingerprint density at radius 3 is 2.42 bits per heavy atom. The topological polar surface area (TPSA) is 27.1 Å². The average Bonchev–Trinajstić information content (AvgIpc) is 3.01. The molecule has 1 aromatic heterocycles. The van der Waals surface area contributed by atoms with E-state index in [2.05, 4.69) is 10.6 Å². The van der Waals surface area contributed by atoms with E-state index in [-0.39, 0.29) is 0 Å². The molecule has 0 aliphatic carbocycles. The number of nitrogens with zero attached hydrogens (tertiary/aromatic N) is 2. The quantitative estimate of drug-likeness (QED) is 0.425. The minimum Gasteiger partial charge on any atom is -0.486 e. The first-order chi connectivity index (χ1) is 12.7. The van der Waals surface area contributed by atoms with E-state index in [0.717, 1.165) is 28.2 Å². The van der Waals surface area contributed by atoms with Gasteiger partial charge in [0.15, 0.2) is 0 Å². The van der Waals surface area contributed by atoms with Gasteiger partial charge in [0.25, 0.3) is 0 Å². The molecule has 3 aromatic carbocycles. The number of imidazole rings is 1. The standard InChI is InChI=1S/C21H16Cl2N2O/c22-17-11-10-15(12-18(17)23)13-25-20-9-5-4-8-19(20)24-21(25)14-26-16-6-2-1-3-7-16/h1-12H,13-14H2. The monoisotopic (exact) mass is 382 g/mol. The largest absolute Gasteiger partial charge is 0.486 e. The Kier molecular flexibility index (Phi) is 4.83. The molecule has 0 N–H and O–H groups in total. The number of hydrogen-bond donors (Lipinski definition) is 0. The third-order valence-electron chi connectivity index (χ3n) is 4.17. The van der Waals surface area contributed by atoms with E-state index in [0.29, 0.717) is 23.2 Å². The predicted octanol–water partition coefficient (Wildman–Crippen LogP) is 5.97. The van der Waals surface area contributed by atoms with Gasteiger partial charge in [-0.3, -0.25) is 0 Å². The van der Waals surface area contributed by atoms with E-state index in [1.807, 2.05) is 66.7 Å². The van der Waals surface area contributed by atoms with Gasteiger partial charge in [-0.25, -0.2) is 4.98 Å². The van der Waals surface area contributed by atoms with Crippen molar-refractivity contribution in [2.24, 2.45) is 0 Å². The minimum absolute atomic E-state index is 0.389. The SMILES string of the molecule is Clc1ccc(Cn2c(COc3ccccc3)nc3ccccc32)cc1Cl. The summed E-state index contributed by atoms with van der Waals surface area (Å²) in [6.45, 7) is 1.03. The number of para-hydroxylation sites is 3. The van der Waals surface area contributed by atoms with Gasteiger partial charge in [0.1, 0.15) is 18.2 Å². The second-order valence-corrected chi connectivity index (χ2v) is 6.77. The first-order valence-electron chi connectivity index (χ1n) is 8.26. The molecule has 0 aliphatic heterocycles. The lowest BCUT2D eigenvalue weighted by Crippen LogP contribution is -2.08. The van der Waals surface area contributed by atoms with Gasteiger partial charge in [0, 0.05) is 6.54 Å². The smallest absolute Gasteiger partial charge is 0.148 e. The molecular formula is C21H16Cl2N2O. The summed E-state index contributed by atoms with van der Waals surface area (Å²) < 4.78 is 8.06. The predicted molar refractivity (Wildman–Crippen MR) is 106 cm³/mol. The van der Waals surface area contributed by atoms with Crippen LogP contribution in [0.5, 0.6) is 5.75 Å². The van der Waals surface area contributed by atoms with Crippen molar-refractivity contribution < 1.29 is 4.74 Å². The van der Waals surface area contributed by atoms with Crippen LogP contribution in [0.25, 0.3) is 11.0 Å². The molecule has 0 spiro atoms. The van der Waals surface area contributed by atoms with E-state index in [9.17, 15) is 0 Å². The Balaban J connectivity index is 1.68. The molecule has 26 heavy (non-hydrogen) atoms. The van der Waals surface area contributed by atoms with Crippen molar-refractivity contribution in [2.45, 2.75) is 13.2 Å². The Morgan fingerprint density at radius 1 is 0.846 bits per heavy atom. The lowest BCUT2D eigenvalue weighted by molar-refractivity contribution is 0.291. The number of ether oxygens (including phenoxy) is 1. The van der Waals surface area contributed by atoms with Crippen LogP contribution in [0.1, 0.15) is 11.4 Å². The first-order valence-corrected chi connectivity index (χ1v) is 9.02. The molecule has 0 bridgehead atoms. The van der Waals surface area contributed by atoms with Gasteiger partial charge < -0.3 is 9.30 Å². The van der Waals surface area contributed by atoms with Crippen LogP contribution in [0, 0.1) is 0 Å². The molecule has 0 saturated heterocycles. The van der Waals surface area contributed by atoms with Gasteiger partial charge in [-0.2, -0.15) is 0 Å². The maximum absolute atomic E-state index is 6.17. The normalized spacial score (nSPS) is 11.0. The highest BCUT2D eigenvalue weighted by Gasteiger charge is 2.12. The van der Waals surface area contributed by atoms with Crippen LogP contribution in [0.4, 0.5) is 0 Å². The zero-order valence-corrected chi connectivity index (χ0v) is 15.4. The molecule has 0 fully saturated rings. The Hall–Kier alpha value is -2.49. The summed E-state index contributed by atoms with van der Waals surface area (Å²) in [6, 6.07) is 23.5. The van der Waals surface area contributed by atoms with E-state index >= 15 is 0 Å². The molecule has 0 amide bonds. The second-order valence-electron chi connectivity index (χ2n) is 5.95. The summed E-state index contributed by atoms with van der Waals surface area (Å²) in [4.78, 5) is 4.74. The maximum atomic E-state index is 6.17. The molecule has 0 unspecified atom stereocenters. The van der Waals surface area contributed by atoms with Crippen molar-refractivity contribution in [1.29, 1.82) is 0 Å². The molecule has 0 atom stereocenters. The Bertz CT molecular complexity index is 1040. The van der Waals surface area contributed by atoms with E-state index in [1.54, 1.807) is 0 Å². The molecule has 0 aliphatic rings. The van der Waals surface area contributed by atoms with Crippen LogP contribution < -0.4 is 4.74 Å². The van der Waals surface area contributed by atoms with Crippen LogP contribution in [0.3, 0.4) is 0 Å². The molecule has 0 saturated carbocycles. The number of hydrogen-bond acceptors (Lipinski definition) is 2. The van der Waals surface area contributed by atoms with Crippen LogP contribution in [-0.4, -0.2) is 9.55 Å². The lowest BCUT2D eigenvalue weighted by Gasteiger charge is -2.11. The third-order valence-corrected chi connectivity index (χ3v) is 4.91. The molecule has 4 aromatic rings. The molecule has 1 heterocycles. The van der Waals surface area contributed by atoms with E-state index < -0.39 is 0 Å². The third kappa shape index (κ3) is 3.55. The van der Waals surface area contributed by atoms with Crippen molar-refractivity contribution in [1.82, 2.24) is 9.55 Å². The molecule has 4 rings (SSSR count). The first kappa shape index (κ1) is 17.0. The fraction of sp³-hybridized carbons (Fsp3) is 0.0952. The Morgan fingerprint density at radius 2 is 1.62 bits per heavy atom.